The fourth-order valence-corrected chi connectivity index (χ4v) is 2.08. The molecule has 0 fully saturated rings. The second-order valence-electron chi connectivity index (χ2n) is 4.50. The SMILES string of the molecule is CC(C)c1nn(-c2ccc([N+](=O)[O-])cc2)c(Cl)c1C#N. The Morgan fingerprint density at radius 2 is 2.00 bits per heavy atom. The highest BCUT2D eigenvalue weighted by atomic mass is 35.5. The van der Waals surface area contributed by atoms with Crippen molar-refractivity contribution in [1.29, 1.82) is 5.26 Å². The Hall–Kier alpha value is -2.39. The van der Waals surface area contributed by atoms with Crippen molar-refractivity contribution in [1.82, 2.24) is 9.78 Å². The molecule has 20 heavy (non-hydrogen) atoms. The first kappa shape index (κ1) is 14.0. The third-order valence-corrected chi connectivity index (χ3v) is 3.17. The molecule has 0 amide bonds. The summed E-state index contributed by atoms with van der Waals surface area (Å²) in [4.78, 5) is 10.1. The van der Waals surface area contributed by atoms with Gasteiger partial charge in [0.1, 0.15) is 11.6 Å². The van der Waals surface area contributed by atoms with Gasteiger partial charge in [0.15, 0.2) is 5.15 Å². The van der Waals surface area contributed by atoms with Crippen LogP contribution >= 0.6 is 11.6 Å². The monoisotopic (exact) mass is 290 g/mol. The maximum atomic E-state index is 10.6. The molecule has 0 N–H and O–H groups in total. The van der Waals surface area contributed by atoms with E-state index >= 15 is 0 Å². The number of nitrogens with zero attached hydrogens (tertiary/aromatic N) is 4. The van der Waals surface area contributed by atoms with Gasteiger partial charge in [-0.25, -0.2) is 4.68 Å². The van der Waals surface area contributed by atoms with Crippen LogP contribution in [0.15, 0.2) is 24.3 Å². The highest BCUT2D eigenvalue weighted by molar-refractivity contribution is 6.31. The lowest BCUT2D eigenvalue weighted by atomic mass is 10.1. The smallest absolute Gasteiger partial charge is 0.258 e. The molecule has 0 aliphatic carbocycles. The predicted octanol–water partition coefficient (Wildman–Crippen LogP) is 3.43. The number of hydrogen-bond acceptors (Lipinski definition) is 4. The number of nitriles is 1. The topological polar surface area (TPSA) is 84.8 Å². The number of aromatic nitrogens is 2. The van der Waals surface area contributed by atoms with Gasteiger partial charge in [-0.2, -0.15) is 10.4 Å². The summed E-state index contributed by atoms with van der Waals surface area (Å²) in [6.45, 7) is 3.83. The summed E-state index contributed by atoms with van der Waals surface area (Å²) in [7, 11) is 0. The van der Waals surface area contributed by atoms with Gasteiger partial charge in [-0.3, -0.25) is 10.1 Å². The molecule has 0 spiro atoms. The minimum absolute atomic E-state index is 0.0124. The molecular weight excluding hydrogens is 280 g/mol. The number of hydrogen-bond donors (Lipinski definition) is 0. The Kier molecular flexibility index (Phi) is 3.72. The summed E-state index contributed by atoms with van der Waals surface area (Å²) in [6.07, 6.45) is 0. The van der Waals surface area contributed by atoms with E-state index < -0.39 is 4.92 Å². The zero-order valence-electron chi connectivity index (χ0n) is 10.9. The van der Waals surface area contributed by atoms with Crippen LogP contribution in [-0.2, 0) is 0 Å². The molecule has 0 saturated heterocycles. The van der Waals surface area contributed by atoms with Gasteiger partial charge in [0.25, 0.3) is 5.69 Å². The maximum Gasteiger partial charge on any atom is 0.269 e. The number of nitro groups is 1. The summed E-state index contributed by atoms with van der Waals surface area (Å²) in [5.41, 5.74) is 1.50. The molecule has 0 atom stereocenters. The maximum absolute atomic E-state index is 10.6. The molecule has 0 unspecified atom stereocenters. The molecule has 1 aromatic heterocycles. The lowest BCUT2D eigenvalue weighted by molar-refractivity contribution is -0.384. The van der Waals surface area contributed by atoms with Crippen LogP contribution in [-0.4, -0.2) is 14.7 Å². The molecule has 1 aromatic carbocycles. The number of benzene rings is 1. The molecule has 102 valence electrons. The van der Waals surface area contributed by atoms with Crippen LogP contribution in [0.5, 0.6) is 0 Å². The van der Waals surface area contributed by atoms with E-state index in [1.807, 2.05) is 19.9 Å². The van der Waals surface area contributed by atoms with Gasteiger partial charge in [-0.1, -0.05) is 25.4 Å². The van der Waals surface area contributed by atoms with Crippen molar-refractivity contribution >= 4 is 17.3 Å². The molecule has 0 radical (unpaired) electrons. The van der Waals surface area contributed by atoms with Crippen molar-refractivity contribution < 1.29 is 4.92 Å². The van der Waals surface area contributed by atoms with Crippen molar-refractivity contribution in [3.05, 3.63) is 50.8 Å². The third kappa shape index (κ3) is 2.36. The van der Waals surface area contributed by atoms with Crippen molar-refractivity contribution in [3.63, 3.8) is 0 Å². The quantitative estimate of drug-likeness (QED) is 0.640. The van der Waals surface area contributed by atoms with Crippen molar-refractivity contribution in [2.45, 2.75) is 19.8 Å². The highest BCUT2D eigenvalue weighted by Gasteiger charge is 2.19. The Morgan fingerprint density at radius 1 is 1.40 bits per heavy atom. The highest BCUT2D eigenvalue weighted by Crippen LogP contribution is 2.28. The van der Waals surface area contributed by atoms with Crippen LogP contribution in [0.1, 0.15) is 31.0 Å². The second-order valence-corrected chi connectivity index (χ2v) is 4.86. The lowest BCUT2D eigenvalue weighted by Gasteiger charge is -2.02. The number of halogens is 1. The van der Waals surface area contributed by atoms with E-state index in [4.69, 9.17) is 16.9 Å². The first-order valence-corrected chi connectivity index (χ1v) is 6.26. The molecular formula is C13H11ClN4O2. The normalized spacial score (nSPS) is 10.6. The predicted molar refractivity (Wildman–Crippen MR) is 74.0 cm³/mol. The first-order chi connectivity index (χ1) is 9.45. The molecule has 1 heterocycles. The average molecular weight is 291 g/mol. The van der Waals surface area contributed by atoms with E-state index in [1.54, 1.807) is 12.1 Å². The number of nitro benzene ring substituents is 1. The molecule has 7 heteroatoms. The number of rotatable bonds is 3. The summed E-state index contributed by atoms with van der Waals surface area (Å²) in [5, 5.41) is 24.3. The van der Waals surface area contributed by atoms with E-state index in [0.717, 1.165) is 0 Å². The van der Waals surface area contributed by atoms with E-state index in [1.165, 1.54) is 16.8 Å². The van der Waals surface area contributed by atoms with Crippen LogP contribution < -0.4 is 0 Å². The van der Waals surface area contributed by atoms with Crippen LogP contribution in [0.2, 0.25) is 5.15 Å². The van der Waals surface area contributed by atoms with Crippen LogP contribution in [0.25, 0.3) is 5.69 Å². The van der Waals surface area contributed by atoms with Crippen molar-refractivity contribution in [3.8, 4) is 11.8 Å². The van der Waals surface area contributed by atoms with Crippen LogP contribution in [0, 0.1) is 21.4 Å². The lowest BCUT2D eigenvalue weighted by Crippen LogP contribution is -1.98. The van der Waals surface area contributed by atoms with Gasteiger partial charge >= 0.3 is 0 Å². The fraction of sp³-hybridized carbons (Fsp3) is 0.231. The molecule has 2 rings (SSSR count). The van der Waals surface area contributed by atoms with E-state index in [-0.39, 0.29) is 16.8 Å². The Labute approximate surface area is 120 Å². The van der Waals surface area contributed by atoms with Gasteiger partial charge in [-0.05, 0) is 18.1 Å². The summed E-state index contributed by atoms with van der Waals surface area (Å²) >= 11 is 6.15. The Balaban J connectivity index is 2.53. The van der Waals surface area contributed by atoms with Crippen molar-refractivity contribution in [2.24, 2.45) is 0 Å². The molecule has 0 saturated carbocycles. The zero-order chi connectivity index (χ0) is 14.9. The third-order valence-electron chi connectivity index (χ3n) is 2.82. The largest absolute Gasteiger partial charge is 0.269 e. The fourth-order valence-electron chi connectivity index (χ4n) is 1.81. The standard InChI is InChI=1S/C13H11ClN4O2/c1-8(2)12-11(7-15)13(14)17(16-12)9-3-5-10(6-4-9)18(19)20/h3-6,8H,1-2H3. The second kappa shape index (κ2) is 5.31. The van der Waals surface area contributed by atoms with Crippen LogP contribution in [0.3, 0.4) is 0 Å². The number of non-ortho nitro benzene ring substituents is 1. The van der Waals surface area contributed by atoms with Gasteiger partial charge in [0, 0.05) is 12.1 Å². The van der Waals surface area contributed by atoms with Crippen molar-refractivity contribution in [2.75, 3.05) is 0 Å². The summed E-state index contributed by atoms with van der Waals surface area (Å²) < 4.78 is 1.42. The van der Waals surface area contributed by atoms with Gasteiger partial charge < -0.3 is 0 Å². The summed E-state index contributed by atoms with van der Waals surface area (Å²) in [6, 6.07) is 7.87. The van der Waals surface area contributed by atoms with Gasteiger partial charge in [-0.15, -0.1) is 0 Å². The van der Waals surface area contributed by atoms with E-state index in [9.17, 15) is 10.1 Å². The average Bonchev–Trinajstić information content (AvgIpc) is 2.76. The van der Waals surface area contributed by atoms with Crippen LogP contribution in [0.4, 0.5) is 5.69 Å². The molecule has 0 aliphatic heterocycles. The summed E-state index contributed by atoms with van der Waals surface area (Å²) in [5.74, 6) is 0.0569. The first-order valence-electron chi connectivity index (χ1n) is 5.89. The minimum atomic E-state index is -0.477. The Morgan fingerprint density at radius 3 is 2.40 bits per heavy atom. The zero-order valence-corrected chi connectivity index (χ0v) is 11.6. The minimum Gasteiger partial charge on any atom is -0.258 e. The van der Waals surface area contributed by atoms with E-state index in [2.05, 4.69) is 5.10 Å². The van der Waals surface area contributed by atoms with Gasteiger partial charge in [0.2, 0.25) is 0 Å². The molecule has 0 aliphatic rings. The van der Waals surface area contributed by atoms with E-state index in [0.29, 0.717) is 16.9 Å². The van der Waals surface area contributed by atoms with Gasteiger partial charge in [0.05, 0.1) is 16.3 Å². The molecule has 0 bridgehead atoms. The molecule has 6 nitrogen and oxygen atoms in total. The molecule has 2 aromatic rings. The Bertz CT molecular complexity index is 698.